The fraction of sp³-hybridized carbons (Fsp3) is 0.583. The van der Waals surface area contributed by atoms with Crippen molar-refractivity contribution in [1.82, 2.24) is 4.98 Å². The molecule has 1 aromatic heterocycles. The zero-order valence-corrected chi connectivity index (χ0v) is 9.85. The van der Waals surface area contributed by atoms with Crippen molar-refractivity contribution in [3.63, 3.8) is 0 Å². The van der Waals surface area contributed by atoms with Crippen molar-refractivity contribution in [2.45, 2.75) is 44.6 Å². The van der Waals surface area contributed by atoms with Gasteiger partial charge < -0.3 is 5.32 Å². The Balaban J connectivity index is 2.12. The first-order valence-corrected chi connectivity index (χ1v) is 6.03. The van der Waals surface area contributed by atoms with E-state index in [1.807, 2.05) is 12.1 Å². The molecule has 82 valence electrons. The second kappa shape index (κ2) is 4.40. The molecule has 3 heteroatoms. The average Bonchev–Trinajstić information content (AvgIpc) is 2.67. The van der Waals surface area contributed by atoms with Gasteiger partial charge in [-0.05, 0) is 31.4 Å². The van der Waals surface area contributed by atoms with Gasteiger partial charge in [0.05, 0.1) is 0 Å². The molecule has 1 aromatic rings. The van der Waals surface area contributed by atoms with Crippen LogP contribution in [0.1, 0.15) is 39.0 Å². The Morgan fingerprint density at radius 2 is 2.13 bits per heavy atom. The predicted octanol–water partition coefficient (Wildman–Crippen LogP) is 3.87. The number of hydrogen-bond acceptors (Lipinski definition) is 2. The third kappa shape index (κ3) is 2.43. The lowest BCUT2D eigenvalue weighted by molar-refractivity contribution is 0.463. The van der Waals surface area contributed by atoms with E-state index in [2.05, 4.69) is 17.2 Å². The van der Waals surface area contributed by atoms with E-state index in [9.17, 15) is 0 Å². The van der Waals surface area contributed by atoms with Crippen LogP contribution in [0.25, 0.3) is 0 Å². The molecule has 1 aliphatic carbocycles. The highest BCUT2D eigenvalue weighted by Gasteiger charge is 2.31. The Labute approximate surface area is 96.1 Å². The second-order valence-electron chi connectivity index (χ2n) is 4.31. The lowest BCUT2D eigenvalue weighted by Gasteiger charge is -2.29. The first-order valence-electron chi connectivity index (χ1n) is 5.65. The monoisotopic (exact) mass is 224 g/mol. The minimum absolute atomic E-state index is 0.262. The largest absolute Gasteiger partial charge is 0.365 e. The third-order valence-electron chi connectivity index (χ3n) is 3.35. The maximum atomic E-state index is 5.87. The number of halogens is 1. The van der Waals surface area contributed by atoms with Crippen LogP contribution in [0.3, 0.4) is 0 Å². The molecular formula is C12H17ClN2. The summed E-state index contributed by atoms with van der Waals surface area (Å²) in [5.74, 6) is 0.909. The first-order chi connectivity index (χ1) is 7.24. The lowest BCUT2D eigenvalue weighted by atomic mass is 9.94. The summed E-state index contributed by atoms with van der Waals surface area (Å²) in [5.41, 5.74) is 0.262. The molecule has 0 bridgehead atoms. The van der Waals surface area contributed by atoms with E-state index in [1.165, 1.54) is 25.7 Å². The zero-order chi connectivity index (χ0) is 10.7. The minimum Gasteiger partial charge on any atom is -0.365 e. The van der Waals surface area contributed by atoms with E-state index in [0.29, 0.717) is 5.15 Å². The van der Waals surface area contributed by atoms with Crippen LogP contribution in [-0.2, 0) is 0 Å². The van der Waals surface area contributed by atoms with Gasteiger partial charge in [0.15, 0.2) is 0 Å². The van der Waals surface area contributed by atoms with Gasteiger partial charge in [-0.15, -0.1) is 0 Å². The highest BCUT2D eigenvalue weighted by molar-refractivity contribution is 6.29. The van der Waals surface area contributed by atoms with Gasteiger partial charge in [0, 0.05) is 5.54 Å². The van der Waals surface area contributed by atoms with E-state index < -0.39 is 0 Å². The second-order valence-corrected chi connectivity index (χ2v) is 4.70. The standard InChI is InChI=1S/C12H17ClN2/c1-2-12(8-3-4-9-12)15-11-7-5-6-10(13)14-11/h5-7H,2-4,8-9H2,1H3,(H,14,15). The van der Waals surface area contributed by atoms with Crippen LogP contribution >= 0.6 is 11.6 Å². The van der Waals surface area contributed by atoms with Crippen LogP contribution in [0.4, 0.5) is 5.82 Å². The van der Waals surface area contributed by atoms with Crippen molar-refractivity contribution in [2.24, 2.45) is 0 Å². The fourth-order valence-corrected chi connectivity index (χ4v) is 2.53. The number of nitrogens with zero attached hydrogens (tertiary/aromatic N) is 1. The molecule has 15 heavy (non-hydrogen) atoms. The summed E-state index contributed by atoms with van der Waals surface area (Å²) in [7, 11) is 0. The van der Waals surface area contributed by atoms with Gasteiger partial charge >= 0.3 is 0 Å². The topological polar surface area (TPSA) is 24.9 Å². The highest BCUT2D eigenvalue weighted by atomic mass is 35.5. The summed E-state index contributed by atoms with van der Waals surface area (Å²) >= 11 is 5.87. The van der Waals surface area contributed by atoms with Crippen LogP contribution in [0.5, 0.6) is 0 Å². The molecule has 1 aliphatic rings. The maximum Gasteiger partial charge on any atom is 0.131 e. The number of rotatable bonds is 3. The summed E-state index contributed by atoms with van der Waals surface area (Å²) in [5, 5.41) is 4.11. The molecule has 1 heterocycles. The van der Waals surface area contributed by atoms with Crippen LogP contribution in [-0.4, -0.2) is 10.5 Å². The molecule has 0 radical (unpaired) electrons. The molecule has 2 nitrogen and oxygen atoms in total. The Kier molecular flexibility index (Phi) is 3.15. The van der Waals surface area contributed by atoms with Crippen molar-refractivity contribution in [3.8, 4) is 0 Å². The van der Waals surface area contributed by atoms with Gasteiger partial charge in [-0.3, -0.25) is 0 Å². The van der Waals surface area contributed by atoms with Gasteiger partial charge in [-0.2, -0.15) is 0 Å². The number of pyridine rings is 1. The predicted molar refractivity (Wildman–Crippen MR) is 64.4 cm³/mol. The van der Waals surface area contributed by atoms with E-state index in [0.717, 1.165) is 12.2 Å². The van der Waals surface area contributed by atoms with E-state index in [-0.39, 0.29) is 5.54 Å². The zero-order valence-electron chi connectivity index (χ0n) is 9.09. The van der Waals surface area contributed by atoms with Gasteiger partial charge in [-0.25, -0.2) is 4.98 Å². The molecule has 0 aromatic carbocycles. The smallest absolute Gasteiger partial charge is 0.131 e. The van der Waals surface area contributed by atoms with Gasteiger partial charge in [0.1, 0.15) is 11.0 Å². The van der Waals surface area contributed by atoms with Gasteiger partial charge in [-0.1, -0.05) is 37.4 Å². The van der Waals surface area contributed by atoms with Gasteiger partial charge in [0.2, 0.25) is 0 Å². The van der Waals surface area contributed by atoms with E-state index in [1.54, 1.807) is 6.07 Å². The Bertz CT molecular complexity index is 332. The molecule has 0 atom stereocenters. The van der Waals surface area contributed by atoms with E-state index in [4.69, 9.17) is 11.6 Å². The van der Waals surface area contributed by atoms with Crippen LogP contribution in [0.2, 0.25) is 5.15 Å². The molecule has 0 unspecified atom stereocenters. The van der Waals surface area contributed by atoms with Crippen molar-refractivity contribution < 1.29 is 0 Å². The number of hydrogen-bond donors (Lipinski definition) is 1. The first kappa shape index (κ1) is 10.7. The minimum atomic E-state index is 0.262. The third-order valence-corrected chi connectivity index (χ3v) is 3.56. The molecule has 0 spiro atoms. The maximum absolute atomic E-state index is 5.87. The summed E-state index contributed by atoms with van der Waals surface area (Å²) < 4.78 is 0. The van der Waals surface area contributed by atoms with Gasteiger partial charge in [0.25, 0.3) is 0 Å². The Morgan fingerprint density at radius 1 is 1.40 bits per heavy atom. The SMILES string of the molecule is CCC1(Nc2cccc(Cl)n2)CCCC1. The molecule has 0 amide bonds. The van der Waals surface area contributed by atoms with Crippen molar-refractivity contribution in [2.75, 3.05) is 5.32 Å². The quantitative estimate of drug-likeness (QED) is 0.789. The van der Waals surface area contributed by atoms with Crippen LogP contribution in [0.15, 0.2) is 18.2 Å². The molecule has 0 saturated heterocycles. The van der Waals surface area contributed by atoms with Crippen molar-refractivity contribution >= 4 is 17.4 Å². The summed E-state index contributed by atoms with van der Waals surface area (Å²) in [4.78, 5) is 4.28. The number of anilines is 1. The molecular weight excluding hydrogens is 208 g/mol. The normalized spacial score (nSPS) is 19.1. The average molecular weight is 225 g/mol. The number of aromatic nitrogens is 1. The fourth-order valence-electron chi connectivity index (χ4n) is 2.37. The number of nitrogens with one attached hydrogen (secondary N) is 1. The molecule has 2 rings (SSSR count). The Morgan fingerprint density at radius 3 is 2.73 bits per heavy atom. The lowest BCUT2D eigenvalue weighted by Crippen LogP contribution is -2.34. The Hall–Kier alpha value is -0.760. The van der Waals surface area contributed by atoms with E-state index >= 15 is 0 Å². The van der Waals surface area contributed by atoms with Crippen LogP contribution < -0.4 is 5.32 Å². The molecule has 1 fully saturated rings. The summed E-state index contributed by atoms with van der Waals surface area (Å²) in [6.07, 6.45) is 6.29. The molecule has 0 aliphatic heterocycles. The molecule has 1 saturated carbocycles. The van der Waals surface area contributed by atoms with Crippen molar-refractivity contribution in [3.05, 3.63) is 23.4 Å². The summed E-state index contributed by atoms with van der Waals surface area (Å²) in [6, 6.07) is 5.73. The highest BCUT2D eigenvalue weighted by Crippen LogP contribution is 2.35. The molecule has 1 N–H and O–H groups in total. The van der Waals surface area contributed by atoms with Crippen molar-refractivity contribution in [1.29, 1.82) is 0 Å². The summed E-state index contributed by atoms with van der Waals surface area (Å²) in [6.45, 7) is 2.24. The van der Waals surface area contributed by atoms with Crippen LogP contribution in [0, 0.1) is 0 Å².